The SMILES string of the molecule is C#CCCCC1(C(=O)OCC)COCCC1=O. The molecule has 1 aliphatic rings. The maximum Gasteiger partial charge on any atom is 0.322 e. The van der Waals surface area contributed by atoms with Gasteiger partial charge < -0.3 is 9.47 Å². The van der Waals surface area contributed by atoms with Gasteiger partial charge in [0.2, 0.25) is 0 Å². The molecule has 1 rings (SSSR count). The van der Waals surface area contributed by atoms with Crippen molar-refractivity contribution in [2.75, 3.05) is 19.8 Å². The van der Waals surface area contributed by atoms with Gasteiger partial charge in [-0.15, -0.1) is 12.3 Å². The smallest absolute Gasteiger partial charge is 0.322 e. The van der Waals surface area contributed by atoms with Gasteiger partial charge in [0.25, 0.3) is 0 Å². The molecule has 1 saturated heterocycles. The van der Waals surface area contributed by atoms with E-state index in [4.69, 9.17) is 15.9 Å². The van der Waals surface area contributed by atoms with Crippen molar-refractivity contribution >= 4 is 11.8 Å². The molecule has 94 valence electrons. The Morgan fingerprint density at radius 2 is 2.41 bits per heavy atom. The number of rotatable bonds is 5. The highest BCUT2D eigenvalue weighted by Gasteiger charge is 2.48. The van der Waals surface area contributed by atoms with E-state index in [2.05, 4.69) is 5.92 Å². The lowest BCUT2D eigenvalue weighted by atomic mass is 9.77. The molecule has 1 atom stereocenters. The van der Waals surface area contributed by atoms with Gasteiger partial charge in [0.1, 0.15) is 5.41 Å². The lowest BCUT2D eigenvalue weighted by molar-refractivity contribution is -0.169. The molecule has 0 saturated carbocycles. The molecule has 17 heavy (non-hydrogen) atoms. The fourth-order valence-electron chi connectivity index (χ4n) is 1.98. The molecule has 0 aromatic carbocycles. The van der Waals surface area contributed by atoms with Crippen LogP contribution in [0, 0.1) is 17.8 Å². The first-order valence-electron chi connectivity index (χ1n) is 5.89. The van der Waals surface area contributed by atoms with E-state index in [1.54, 1.807) is 6.92 Å². The summed E-state index contributed by atoms with van der Waals surface area (Å²) in [5, 5.41) is 0. The summed E-state index contributed by atoms with van der Waals surface area (Å²) < 4.78 is 10.3. The fraction of sp³-hybridized carbons (Fsp3) is 0.692. The summed E-state index contributed by atoms with van der Waals surface area (Å²) >= 11 is 0. The van der Waals surface area contributed by atoms with Crippen molar-refractivity contribution in [3.63, 3.8) is 0 Å². The normalized spacial score (nSPS) is 24.1. The van der Waals surface area contributed by atoms with Gasteiger partial charge in [0.15, 0.2) is 5.78 Å². The Morgan fingerprint density at radius 3 is 3.00 bits per heavy atom. The van der Waals surface area contributed by atoms with Gasteiger partial charge in [-0.1, -0.05) is 0 Å². The lowest BCUT2D eigenvalue weighted by Crippen LogP contribution is -2.48. The zero-order chi connectivity index (χ0) is 12.7. The van der Waals surface area contributed by atoms with Crippen LogP contribution in [0.2, 0.25) is 0 Å². The average Bonchev–Trinajstić information content (AvgIpc) is 2.32. The van der Waals surface area contributed by atoms with Crippen LogP contribution < -0.4 is 0 Å². The van der Waals surface area contributed by atoms with E-state index in [0.717, 1.165) is 0 Å². The van der Waals surface area contributed by atoms with Crippen molar-refractivity contribution in [3.8, 4) is 12.3 Å². The van der Waals surface area contributed by atoms with E-state index < -0.39 is 11.4 Å². The minimum atomic E-state index is -1.12. The number of terminal acetylenes is 1. The number of hydrogen-bond donors (Lipinski definition) is 0. The molecule has 0 spiro atoms. The third kappa shape index (κ3) is 3.07. The van der Waals surface area contributed by atoms with Crippen LogP contribution in [-0.2, 0) is 19.1 Å². The summed E-state index contributed by atoms with van der Waals surface area (Å²) in [5.41, 5.74) is -1.12. The summed E-state index contributed by atoms with van der Waals surface area (Å²) in [6, 6.07) is 0. The zero-order valence-electron chi connectivity index (χ0n) is 10.2. The fourth-order valence-corrected chi connectivity index (χ4v) is 1.98. The van der Waals surface area contributed by atoms with Crippen LogP contribution in [0.1, 0.15) is 32.6 Å². The Balaban J connectivity index is 2.79. The van der Waals surface area contributed by atoms with Crippen LogP contribution in [0.4, 0.5) is 0 Å². The number of ketones is 1. The summed E-state index contributed by atoms with van der Waals surface area (Å²) in [5.74, 6) is 1.95. The molecule has 1 heterocycles. The maximum absolute atomic E-state index is 12.0. The van der Waals surface area contributed by atoms with Gasteiger partial charge in [0.05, 0.1) is 19.8 Å². The van der Waals surface area contributed by atoms with Crippen LogP contribution in [0.15, 0.2) is 0 Å². The predicted molar refractivity (Wildman–Crippen MR) is 62.2 cm³/mol. The molecule has 0 aromatic heterocycles. The lowest BCUT2D eigenvalue weighted by Gasteiger charge is -2.32. The molecular formula is C13H18O4. The Bertz CT molecular complexity index is 329. The van der Waals surface area contributed by atoms with E-state index in [9.17, 15) is 9.59 Å². The summed E-state index contributed by atoms with van der Waals surface area (Å²) in [4.78, 5) is 23.9. The molecule has 0 aromatic rings. The number of unbranched alkanes of at least 4 members (excludes halogenated alkanes) is 1. The zero-order valence-corrected chi connectivity index (χ0v) is 10.2. The van der Waals surface area contributed by atoms with Gasteiger partial charge in [-0.05, 0) is 19.8 Å². The minimum Gasteiger partial charge on any atom is -0.465 e. The van der Waals surface area contributed by atoms with Gasteiger partial charge in [-0.2, -0.15) is 0 Å². The summed E-state index contributed by atoms with van der Waals surface area (Å²) in [6.45, 7) is 2.49. The molecule has 0 aliphatic carbocycles. The van der Waals surface area contributed by atoms with Crippen LogP contribution >= 0.6 is 0 Å². The minimum absolute atomic E-state index is 0.0841. The molecule has 4 heteroatoms. The first-order valence-corrected chi connectivity index (χ1v) is 5.89. The van der Waals surface area contributed by atoms with Crippen LogP contribution in [0.25, 0.3) is 0 Å². The van der Waals surface area contributed by atoms with E-state index in [1.807, 2.05) is 0 Å². The van der Waals surface area contributed by atoms with Crippen molar-refractivity contribution in [2.24, 2.45) is 5.41 Å². The molecule has 1 fully saturated rings. The first-order chi connectivity index (χ1) is 8.17. The summed E-state index contributed by atoms with van der Waals surface area (Å²) in [7, 11) is 0. The third-order valence-electron chi connectivity index (χ3n) is 2.95. The average molecular weight is 238 g/mol. The van der Waals surface area contributed by atoms with Crippen LogP contribution in [-0.4, -0.2) is 31.6 Å². The largest absolute Gasteiger partial charge is 0.465 e. The van der Waals surface area contributed by atoms with E-state index in [1.165, 1.54) is 0 Å². The Hall–Kier alpha value is -1.34. The van der Waals surface area contributed by atoms with Gasteiger partial charge >= 0.3 is 5.97 Å². The number of carbonyl (C=O) groups is 2. The molecule has 0 amide bonds. The van der Waals surface area contributed by atoms with Crippen molar-refractivity contribution < 1.29 is 19.1 Å². The van der Waals surface area contributed by atoms with Crippen molar-refractivity contribution in [2.45, 2.75) is 32.6 Å². The standard InChI is InChI=1S/C13H18O4/c1-3-5-6-8-13(12(15)17-4-2)10-16-9-7-11(13)14/h1H,4-10H2,2H3. The second-order valence-corrected chi connectivity index (χ2v) is 4.09. The summed E-state index contributed by atoms with van der Waals surface area (Å²) in [6.07, 6.45) is 7.04. The topological polar surface area (TPSA) is 52.6 Å². The number of Topliss-reactive ketones (excluding diaryl/α,β-unsaturated/α-hetero) is 1. The molecule has 1 aliphatic heterocycles. The molecule has 4 nitrogen and oxygen atoms in total. The van der Waals surface area contributed by atoms with E-state index in [-0.39, 0.29) is 25.4 Å². The van der Waals surface area contributed by atoms with E-state index >= 15 is 0 Å². The molecule has 0 N–H and O–H groups in total. The van der Waals surface area contributed by atoms with Crippen LogP contribution in [0.5, 0.6) is 0 Å². The maximum atomic E-state index is 12.0. The van der Waals surface area contributed by atoms with Gasteiger partial charge in [-0.25, -0.2) is 0 Å². The molecular weight excluding hydrogens is 220 g/mol. The van der Waals surface area contributed by atoms with Crippen molar-refractivity contribution in [3.05, 3.63) is 0 Å². The number of carbonyl (C=O) groups excluding carboxylic acids is 2. The quantitative estimate of drug-likeness (QED) is 0.314. The number of ether oxygens (including phenoxy) is 2. The van der Waals surface area contributed by atoms with Crippen LogP contribution in [0.3, 0.4) is 0 Å². The number of esters is 1. The second kappa shape index (κ2) is 6.41. The first kappa shape index (κ1) is 13.7. The van der Waals surface area contributed by atoms with E-state index in [0.29, 0.717) is 25.9 Å². The Morgan fingerprint density at radius 1 is 1.65 bits per heavy atom. The predicted octanol–water partition coefficient (Wildman–Crippen LogP) is 1.33. The van der Waals surface area contributed by atoms with Gasteiger partial charge in [-0.3, -0.25) is 9.59 Å². The van der Waals surface area contributed by atoms with Crippen molar-refractivity contribution in [1.82, 2.24) is 0 Å². The van der Waals surface area contributed by atoms with Crippen molar-refractivity contribution in [1.29, 1.82) is 0 Å². The molecule has 1 unspecified atom stereocenters. The Kier molecular flexibility index (Phi) is 5.17. The highest BCUT2D eigenvalue weighted by molar-refractivity contribution is 6.04. The highest BCUT2D eigenvalue weighted by atomic mass is 16.5. The molecule has 0 bridgehead atoms. The highest BCUT2D eigenvalue weighted by Crippen LogP contribution is 2.32. The monoisotopic (exact) mass is 238 g/mol. The second-order valence-electron chi connectivity index (χ2n) is 4.09. The number of hydrogen-bond acceptors (Lipinski definition) is 4. The third-order valence-corrected chi connectivity index (χ3v) is 2.95. The Labute approximate surface area is 102 Å². The van der Waals surface area contributed by atoms with Gasteiger partial charge in [0, 0.05) is 12.8 Å². The molecule has 0 radical (unpaired) electrons.